The van der Waals surface area contributed by atoms with Crippen molar-refractivity contribution in [2.75, 3.05) is 11.9 Å². The summed E-state index contributed by atoms with van der Waals surface area (Å²) in [5.41, 5.74) is 2.59. The third kappa shape index (κ3) is 4.86. The van der Waals surface area contributed by atoms with Crippen molar-refractivity contribution in [2.24, 2.45) is 17.8 Å². The number of hydrogen-bond acceptors (Lipinski definition) is 4. The van der Waals surface area contributed by atoms with Gasteiger partial charge >= 0.3 is 0 Å². The number of anilines is 1. The van der Waals surface area contributed by atoms with E-state index >= 15 is 0 Å². The van der Waals surface area contributed by atoms with Gasteiger partial charge in [-0.05, 0) is 50.2 Å². The van der Waals surface area contributed by atoms with Crippen LogP contribution < -0.4 is 10.6 Å². The van der Waals surface area contributed by atoms with Crippen LogP contribution in [0, 0.1) is 31.6 Å². The first-order chi connectivity index (χ1) is 14.7. The number of amides is 4. The van der Waals surface area contributed by atoms with Gasteiger partial charge in [0, 0.05) is 5.69 Å². The number of carbonyl (C=O) groups is 4. The van der Waals surface area contributed by atoms with Crippen molar-refractivity contribution in [2.45, 2.75) is 53.0 Å². The van der Waals surface area contributed by atoms with Crippen molar-refractivity contribution in [3.05, 3.63) is 41.5 Å². The molecule has 1 aromatic rings. The largest absolute Gasteiger partial charge is 0.345 e. The number of fused-ring (bicyclic) bond motifs is 1. The lowest BCUT2D eigenvalue weighted by Crippen LogP contribution is -2.51. The molecule has 3 unspecified atom stereocenters. The maximum atomic E-state index is 13.0. The van der Waals surface area contributed by atoms with Gasteiger partial charge in [0.2, 0.25) is 23.6 Å². The second-order valence-electron chi connectivity index (χ2n) is 8.88. The van der Waals surface area contributed by atoms with Crippen LogP contribution in [0.4, 0.5) is 5.69 Å². The van der Waals surface area contributed by atoms with Crippen molar-refractivity contribution in [3.63, 3.8) is 0 Å². The van der Waals surface area contributed by atoms with Crippen molar-refractivity contribution in [1.82, 2.24) is 10.2 Å². The fourth-order valence-electron chi connectivity index (χ4n) is 4.39. The lowest BCUT2D eigenvalue weighted by molar-refractivity contribution is -0.148. The molecule has 0 bridgehead atoms. The van der Waals surface area contributed by atoms with Crippen LogP contribution in [0.1, 0.15) is 44.2 Å². The highest BCUT2D eigenvalue weighted by molar-refractivity contribution is 6.09. The molecule has 2 N–H and O–H groups in total. The zero-order chi connectivity index (χ0) is 22.7. The van der Waals surface area contributed by atoms with E-state index in [1.54, 1.807) is 0 Å². The third-order valence-electron chi connectivity index (χ3n) is 6.02. The minimum absolute atomic E-state index is 0.0977. The van der Waals surface area contributed by atoms with Crippen LogP contribution in [0.3, 0.4) is 0 Å². The minimum Gasteiger partial charge on any atom is -0.345 e. The van der Waals surface area contributed by atoms with Gasteiger partial charge in [-0.3, -0.25) is 24.1 Å². The van der Waals surface area contributed by atoms with E-state index in [0.717, 1.165) is 21.7 Å². The molecule has 7 nitrogen and oxygen atoms in total. The Morgan fingerprint density at radius 1 is 1.03 bits per heavy atom. The summed E-state index contributed by atoms with van der Waals surface area (Å²) < 4.78 is 0. The van der Waals surface area contributed by atoms with E-state index in [9.17, 15) is 19.2 Å². The molecule has 7 heteroatoms. The maximum absolute atomic E-state index is 13.0. The number of nitrogens with zero attached hydrogens (tertiary/aromatic N) is 1. The Hall–Kier alpha value is -2.96. The molecular weight excluding hydrogens is 394 g/mol. The van der Waals surface area contributed by atoms with Crippen LogP contribution in [-0.2, 0) is 19.2 Å². The predicted molar refractivity (Wildman–Crippen MR) is 118 cm³/mol. The van der Waals surface area contributed by atoms with Crippen LogP contribution in [0.5, 0.6) is 0 Å². The fraction of sp³-hybridized carbons (Fsp3) is 0.500. The Morgan fingerprint density at radius 3 is 2.10 bits per heavy atom. The van der Waals surface area contributed by atoms with Crippen molar-refractivity contribution < 1.29 is 19.2 Å². The molecule has 1 aliphatic carbocycles. The third-order valence-corrected chi connectivity index (χ3v) is 6.02. The molecular formula is C24H31N3O4. The average molecular weight is 426 g/mol. The molecule has 0 aromatic heterocycles. The Balaban J connectivity index is 1.68. The molecule has 1 saturated heterocycles. The van der Waals surface area contributed by atoms with E-state index in [1.165, 1.54) is 0 Å². The van der Waals surface area contributed by atoms with Gasteiger partial charge in [0.1, 0.15) is 6.04 Å². The SMILES string of the molecule is Cc1cccc(C)c1NC(=O)CNC(=O)C(CC(C)C)N1C(=O)C2CC=CCC2C1=O. The van der Waals surface area contributed by atoms with Gasteiger partial charge in [-0.2, -0.15) is 0 Å². The van der Waals surface area contributed by atoms with E-state index in [0.29, 0.717) is 19.3 Å². The summed E-state index contributed by atoms with van der Waals surface area (Å²) in [5, 5.41) is 5.47. The number of carbonyl (C=O) groups excluding carboxylic acids is 4. The summed E-state index contributed by atoms with van der Waals surface area (Å²) in [5.74, 6) is -2.05. The quantitative estimate of drug-likeness (QED) is 0.519. The van der Waals surface area contributed by atoms with Crippen molar-refractivity contribution in [1.29, 1.82) is 0 Å². The summed E-state index contributed by atoms with van der Waals surface area (Å²) in [6, 6.07) is 4.81. The molecule has 4 amide bonds. The molecule has 3 rings (SSSR count). The van der Waals surface area contributed by atoms with E-state index in [4.69, 9.17) is 0 Å². The number of imide groups is 1. The highest BCUT2D eigenvalue weighted by Crippen LogP contribution is 2.37. The Labute approximate surface area is 183 Å². The van der Waals surface area contributed by atoms with Crippen LogP contribution >= 0.6 is 0 Å². The number of rotatable bonds is 7. The number of aryl methyl sites for hydroxylation is 2. The molecule has 1 heterocycles. The molecule has 0 spiro atoms. The van der Waals surface area contributed by atoms with Crippen LogP contribution in [0.2, 0.25) is 0 Å². The Kier molecular flexibility index (Phi) is 6.93. The number of hydrogen-bond donors (Lipinski definition) is 2. The summed E-state index contributed by atoms with van der Waals surface area (Å²) in [6.07, 6.45) is 5.26. The topological polar surface area (TPSA) is 95.6 Å². The first-order valence-corrected chi connectivity index (χ1v) is 10.9. The molecule has 0 saturated carbocycles. The molecule has 166 valence electrons. The standard InChI is InChI=1S/C24H31N3O4/c1-14(2)12-19(27-23(30)17-10-5-6-11-18(17)24(27)31)22(29)25-13-20(28)26-21-15(3)8-7-9-16(21)4/h5-9,14,17-19H,10-13H2,1-4H3,(H,25,29)(H,26,28). The molecule has 31 heavy (non-hydrogen) atoms. The molecule has 2 aliphatic rings. The lowest BCUT2D eigenvalue weighted by atomic mass is 9.85. The van der Waals surface area contributed by atoms with Crippen molar-refractivity contribution >= 4 is 29.3 Å². The summed E-state index contributed by atoms with van der Waals surface area (Å²) in [4.78, 5) is 52.5. The number of benzene rings is 1. The minimum atomic E-state index is -0.904. The molecule has 0 radical (unpaired) electrons. The first-order valence-electron chi connectivity index (χ1n) is 10.9. The lowest BCUT2D eigenvalue weighted by Gasteiger charge is -2.27. The maximum Gasteiger partial charge on any atom is 0.243 e. The molecule has 3 atom stereocenters. The van der Waals surface area contributed by atoms with E-state index in [-0.39, 0.29) is 42.0 Å². The summed E-state index contributed by atoms with van der Waals surface area (Å²) >= 11 is 0. The van der Waals surface area contributed by atoms with Crippen LogP contribution in [0.15, 0.2) is 30.4 Å². The Bertz CT molecular complexity index is 875. The highest BCUT2D eigenvalue weighted by atomic mass is 16.2. The average Bonchev–Trinajstić information content (AvgIpc) is 2.98. The first kappa shape index (κ1) is 22.7. The number of nitrogens with one attached hydrogen (secondary N) is 2. The number of para-hydroxylation sites is 1. The van der Waals surface area contributed by atoms with Crippen LogP contribution in [-0.4, -0.2) is 41.1 Å². The fourth-order valence-corrected chi connectivity index (χ4v) is 4.39. The van der Waals surface area contributed by atoms with E-state index in [1.807, 2.05) is 58.0 Å². The summed E-state index contributed by atoms with van der Waals surface area (Å²) in [7, 11) is 0. The molecule has 1 aromatic carbocycles. The molecule has 1 fully saturated rings. The predicted octanol–water partition coefficient (Wildman–Crippen LogP) is 2.72. The smallest absolute Gasteiger partial charge is 0.243 e. The number of allylic oxidation sites excluding steroid dienone is 2. The Morgan fingerprint density at radius 2 is 1.58 bits per heavy atom. The normalized spacial score (nSPS) is 21.3. The second kappa shape index (κ2) is 9.45. The van der Waals surface area contributed by atoms with E-state index in [2.05, 4.69) is 10.6 Å². The molecule has 1 aliphatic heterocycles. The number of likely N-dealkylation sites (tertiary alicyclic amines) is 1. The van der Waals surface area contributed by atoms with Gasteiger partial charge in [-0.25, -0.2) is 0 Å². The summed E-state index contributed by atoms with van der Waals surface area (Å²) in [6.45, 7) is 7.45. The second-order valence-corrected chi connectivity index (χ2v) is 8.88. The van der Waals surface area contributed by atoms with Gasteiger partial charge in [0.25, 0.3) is 0 Å². The van der Waals surface area contributed by atoms with Gasteiger partial charge < -0.3 is 10.6 Å². The van der Waals surface area contributed by atoms with Gasteiger partial charge in [0.15, 0.2) is 0 Å². The van der Waals surface area contributed by atoms with E-state index < -0.39 is 11.9 Å². The zero-order valence-corrected chi connectivity index (χ0v) is 18.6. The van der Waals surface area contributed by atoms with Gasteiger partial charge in [0.05, 0.1) is 18.4 Å². The highest BCUT2D eigenvalue weighted by Gasteiger charge is 2.51. The van der Waals surface area contributed by atoms with Gasteiger partial charge in [-0.15, -0.1) is 0 Å². The zero-order valence-electron chi connectivity index (χ0n) is 18.6. The van der Waals surface area contributed by atoms with Crippen molar-refractivity contribution in [3.8, 4) is 0 Å². The monoisotopic (exact) mass is 425 g/mol. The van der Waals surface area contributed by atoms with Crippen LogP contribution in [0.25, 0.3) is 0 Å². The van der Waals surface area contributed by atoms with Gasteiger partial charge in [-0.1, -0.05) is 44.2 Å².